The number of rotatable bonds is 1. The lowest BCUT2D eigenvalue weighted by atomic mass is 10.0. The molecule has 1 aliphatic rings. The molecule has 2 atom stereocenters. The minimum Gasteiger partial charge on any atom is -0.392 e. The van der Waals surface area contributed by atoms with E-state index >= 15 is 0 Å². The molecule has 1 saturated heterocycles. The summed E-state index contributed by atoms with van der Waals surface area (Å²) in [5, 5.41) is 15.3. The maximum atomic E-state index is 9.55. The van der Waals surface area contributed by atoms with Gasteiger partial charge in [-0.15, -0.1) is 0 Å². The lowest BCUT2D eigenvalue weighted by Crippen LogP contribution is -2.15. The summed E-state index contributed by atoms with van der Waals surface area (Å²) >= 11 is 0. The second-order valence-corrected chi connectivity index (χ2v) is 4.30. The molecule has 3 rings (SSSR count). The van der Waals surface area contributed by atoms with Crippen molar-refractivity contribution in [1.29, 1.82) is 0 Å². The number of aromatic nitrogens is 1. The number of hydrogen-bond acceptors (Lipinski definition) is 3. The molecule has 3 nitrogen and oxygen atoms in total. The highest BCUT2D eigenvalue weighted by Gasteiger charge is 2.24. The minimum absolute atomic E-state index is 0.230. The van der Waals surface area contributed by atoms with Crippen molar-refractivity contribution in [2.45, 2.75) is 18.6 Å². The van der Waals surface area contributed by atoms with Crippen LogP contribution < -0.4 is 5.32 Å². The normalized spacial score (nSPS) is 25.1. The van der Waals surface area contributed by atoms with E-state index in [2.05, 4.69) is 22.4 Å². The Labute approximate surface area is 94.1 Å². The quantitative estimate of drug-likeness (QED) is 0.758. The Morgan fingerprint density at radius 1 is 1.25 bits per heavy atom. The van der Waals surface area contributed by atoms with Crippen molar-refractivity contribution >= 4 is 10.8 Å². The van der Waals surface area contributed by atoms with Crippen LogP contribution in [0.3, 0.4) is 0 Å². The largest absolute Gasteiger partial charge is 0.392 e. The van der Waals surface area contributed by atoms with E-state index in [1.54, 1.807) is 0 Å². The summed E-state index contributed by atoms with van der Waals surface area (Å²) in [7, 11) is 0. The Morgan fingerprint density at radius 2 is 2.12 bits per heavy atom. The van der Waals surface area contributed by atoms with Crippen molar-refractivity contribution in [2.75, 3.05) is 6.54 Å². The van der Waals surface area contributed by atoms with Crippen LogP contribution in [0.4, 0.5) is 0 Å². The van der Waals surface area contributed by atoms with Crippen LogP contribution in [0.5, 0.6) is 0 Å². The predicted molar refractivity (Wildman–Crippen MR) is 63.1 cm³/mol. The van der Waals surface area contributed by atoms with Crippen LogP contribution in [-0.2, 0) is 0 Å². The second-order valence-electron chi connectivity index (χ2n) is 4.30. The highest BCUT2D eigenvalue weighted by Crippen LogP contribution is 2.28. The third kappa shape index (κ3) is 1.58. The Kier molecular flexibility index (Phi) is 2.35. The number of nitrogens with zero attached hydrogens (tertiary/aromatic N) is 1. The van der Waals surface area contributed by atoms with E-state index in [9.17, 15) is 5.11 Å². The van der Waals surface area contributed by atoms with Crippen molar-refractivity contribution in [3.63, 3.8) is 0 Å². The summed E-state index contributed by atoms with van der Waals surface area (Å²) in [6.45, 7) is 0.674. The minimum atomic E-state index is -0.232. The van der Waals surface area contributed by atoms with Crippen LogP contribution in [0.15, 0.2) is 36.7 Å². The summed E-state index contributed by atoms with van der Waals surface area (Å²) < 4.78 is 0. The fraction of sp³-hybridized carbons (Fsp3) is 0.308. The molecule has 2 N–H and O–H groups in total. The van der Waals surface area contributed by atoms with Gasteiger partial charge in [0.1, 0.15) is 0 Å². The molecule has 1 aromatic carbocycles. The second kappa shape index (κ2) is 3.85. The highest BCUT2D eigenvalue weighted by atomic mass is 16.3. The summed E-state index contributed by atoms with van der Waals surface area (Å²) in [4.78, 5) is 4.26. The molecule has 16 heavy (non-hydrogen) atoms. The molecule has 82 valence electrons. The number of aliphatic hydroxyl groups excluding tert-OH is 1. The van der Waals surface area contributed by atoms with Gasteiger partial charge in [0.15, 0.2) is 0 Å². The maximum Gasteiger partial charge on any atom is 0.0682 e. The molecule has 0 radical (unpaired) electrons. The van der Waals surface area contributed by atoms with E-state index in [-0.39, 0.29) is 12.1 Å². The molecule has 2 heterocycles. The van der Waals surface area contributed by atoms with E-state index in [0.29, 0.717) is 6.54 Å². The average molecular weight is 214 g/mol. The molecule has 2 aromatic rings. The summed E-state index contributed by atoms with van der Waals surface area (Å²) in [5.41, 5.74) is 1.19. The van der Waals surface area contributed by atoms with Gasteiger partial charge in [-0.3, -0.25) is 4.98 Å². The fourth-order valence-electron chi connectivity index (χ4n) is 2.37. The number of pyridine rings is 1. The van der Waals surface area contributed by atoms with Crippen LogP contribution in [0.25, 0.3) is 10.8 Å². The third-order valence-corrected chi connectivity index (χ3v) is 3.18. The first-order chi connectivity index (χ1) is 7.84. The molecular formula is C13H14N2O. The fourth-order valence-corrected chi connectivity index (χ4v) is 2.37. The van der Waals surface area contributed by atoms with Gasteiger partial charge in [0.25, 0.3) is 0 Å². The van der Waals surface area contributed by atoms with E-state index in [1.807, 2.05) is 24.5 Å². The molecule has 1 fully saturated rings. The van der Waals surface area contributed by atoms with Crippen molar-refractivity contribution in [3.05, 3.63) is 42.2 Å². The van der Waals surface area contributed by atoms with E-state index in [1.165, 1.54) is 10.9 Å². The molecule has 0 aliphatic carbocycles. The summed E-state index contributed by atoms with van der Waals surface area (Å²) in [6, 6.07) is 8.46. The number of β-amino-alcohol motifs (C(OH)–C–C–N with tert-alkyl or cyclic N) is 1. The van der Waals surface area contributed by atoms with Crippen molar-refractivity contribution in [2.24, 2.45) is 0 Å². The molecule has 1 aromatic heterocycles. The smallest absolute Gasteiger partial charge is 0.0682 e. The number of hydrogen-bond donors (Lipinski definition) is 2. The molecule has 0 saturated carbocycles. The number of nitrogens with one attached hydrogen (secondary N) is 1. The Bertz CT molecular complexity index is 507. The zero-order valence-electron chi connectivity index (χ0n) is 8.93. The highest BCUT2D eigenvalue weighted by molar-refractivity contribution is 5.85. The molecule has 0 amide bonds. The lowest BCUT2D eigenvalue weighted by Gasteiger charge is -2.12. The van der Waals surface area contributed by atoms with E-state index < -0.39 is 0 Å². The Hall–Kier alpha value is -1.45. The van der Waals surface area contributed by atoms with Gasteiger partial charge in [-0.2, -0.15) is 0 Å². The van der Waals surface area contributed by atoms with Crippen LogP contribution >= 0.6 is 0 Å². The topological polar surface area (TPSA) is 45.1 Å². The van der Waals surface area contributed by atoms with Gasteiger partial charge in [-0.05, 0) is 17.4 Å². The standard InChI is InChI=1S/C13H14N2O/c16-10-5-13(15-7-10)12-8-14-6-9-3-1-2-4-11(9)12/h1-4,6,8,10,13,15-16H,5,7H2. The first kappa shape index (κ1) is 9.75. The lowest BCUT2D eigenvalue weighted by molar-refractivity contribution is 0.193. The first-order valence-electron chi connectivity index (χ1n) is 5.58. The van der Waals surface area contributed by atoms with Crippen molar-refractivity contribution in [3.8, 4) is 0 Å². The van der Waals surface area contributed by atoms with Crippen LogP contribution in [-0.4, -0.2) is 22.7 Å². The summed E-state index contributed by atoms with van der Waals surface area (Å²) in [5.74, 6) is 0. The molecular weight excluding hydrogens is 200 g/mol. The first-order valence-corrected chi connectivity index (χ1v) is 5.58. The third-order valence-electron chi connectivity index (χ3n) is 3.18. The van der Waals surface area contributed by atoms with Crippen LogP contribution in [0.1, 0.15) is 18.0 Å². The van der Waals surface area contributed by atoms with Gasteiger partial charge < -0.3 is 10.4 Å². The zero-order chi connectivity index (χ0) is 11.0. The zero-order valence-corrected chi connectivity index (χ0v) is 8.93. The predicted octanol–water partition coefficient (Wildman–Crippen LogP) is 1.63. The molecule has 2 unspecified atom stereocenters. The number of fused-ring (bicyclic) bond motifs is 1. The van der Waals surface area contributed by atoms with Crippen LogP contribution in [0, 0.1) is 0 Å². The van der Waals surface area contributed by atoms with E-state index in [4.69, 9.17) is 0 Å². The SMILES string of the molecule is OC1CNC(c2cncc3ccccc23)C1. The van der Waals surface area contributed by atoms with Gasteiger partial charge in [0.05, 0.1) is 6.10 Å². The van der Waals surface area contributed by atoms with Crippen molar-refractivity contribution < 1.29 is 5.11 Å². The molecule has 0 spiro atoms. The maximum absolute atomic E-state index is 9.55. The van der Waals surface area contributed by atoms with E-state index in [0.717, 1.165) is 11.8 Å². The number of aliphatic hydroxyl groups is 1. The van der Waals surface area contributed by atoms with Gasteiger partial charge in [-0.25, -0.2) is 0 Å². The monoisotopic (exact) mass is 214 g/mol. The summed E-state index contributed by atoms with van der Waals surface area (Å²) in [6.07, 6.45) is 4.32. The van der Waals surface area contributed by atoms with Gasteiger partial charge >= 0.3 is 0 Å². The van der Waals surface area contributed by atoms with Crippen LogP contribution in [0.2, 0.25) is 0 Å². The van der Waals surface area contributed by atoms with Crippen molar-refractivity contribution in [1.82, 2.24) is 10.3 Å². The van der Waals surface area contributed by atoms with Gasteiger partial charge in [0, 0.05) is 30.4 Å². The Morgan fingerprint density at radius 3 is 2.94 bits per heavy atom. The average Bonchev–Trinajstić information content (AvgIpc) is 2.75. The Balaban J connectivity index is 2.09. The van der Waals surface area contributed by atoms with Gasteiger partial charge in [0.2, 0.25) is 0 Å². The number of benzene rings is 1. The molecule has 0 bridgehead atoms. The molecule has 3 heteroatoms. The molecule has 1 aliphatic heterocycles. The van der Waals surface area contributed by atoms with Gasteiger partial charge in [-0.1, -0.05) is 24.3 Å².